The molecule has 0 spiro atoms. The zero-order chi connectivity index (χ0) is 14.8. The Balaban J connectivity index is 1.62. The molecule has 1 aromatic carbocycles. The van der Waals surface area contributed by atoms with Crippen molar-refractivity contribution in [2.24, 2.45) is 5.73 Å². The van der Waals surface area contributed by atoms with E-state index >= 15 is 0 Å². The number of thiophene rings is 1. The molecule has 2 atom stereocenters. The first-order chi connectivity index (χ1) is 10.2. The Morgan fingerprint density at radius 2 is 2.19 bits per heavy atom. The van der Waals surface area contributed by atoms with Gasteiger partial charge >= 0.3 is 0 Å². The molecule has 0 saturated carbocycles. The predicted octanol–water partition coefficient (Wildman–Crippen LogP) is 4.52. The number of rotatable bonds is 4. The number of halogens is 1. The van der Waals surface area contributed by atoms with Gasteiger partial charge in [0, 0.05) is 34.5 Å². The molecule has 3 rings (SSSR count). The van der Waals surface area contributed by atoms with Crippen molar-refractivity contribution in [2.45, 2.75) is 31.8 Å². The fourth-order valence-corrected chi connectivity index (χ4v) is 4.64. The van der Waals surface area contributed by atoms with Crippen LogP contribution in [0.2, 0.25) is 0 Å². The quantitative estimate of drug-likeness (QED) is 0.863. The Labute approximate surface area is 139 Å². The molecular formula is C17H21BrN2S. The Bertz CT molecular complexity index is 610. The number of nitrogens with two attached hydrogens (primary N) is 1. The molecule has 4 heteroatoms. The number of benzene rings is 1. The summed E-state index contributed by atoms with van der Waals surface area (Å²) in [6.45, 7) is 4.52. The van der Waals surface area contributed by atoms with E-state index in [1.54, 1.807) is 4.88 Å². The van der Waals surface area contributed by atoms with E-state index < -0.39 is 0 Å². The van der Waals surface area contributed by atoms with Crippen LogP contribution in [0.3, 0.4) is 0 Å². The van der Waals surface area contributed by atoms with Gasteiger partial charge in [0.15, 0.2) is 0 Å². The van der Waals surface area contributed by atoms with Gasteiger partial charge in [0.25, 0.3) is 0 Å². The SMILES string of the molecule is CC1c2ccsc2CCN1CCC(N)c1ccccc1Br. The van der Waals surface area contributed by atoms with Crippen molar-refractivity contribution >= 4 is 27.3 Å². The third kappa shape index (κ3) is 3.24. The lowest BCUT2D eigenvalue weighted by Crippen LogP contribution is -2.35. The summed E-state index contributed by atoms with van der Waals surface area (Å²) in [5.74, 6) is 0. The van der Waals surface area contributed by atoms with E-state index in [-0.39, 0.29) is 6.04 Å². The topological polar surface area (TPSA) is 29.3 Å². The van der Waals surface area contributed by atoms with Gasteiger partial charge in [-0.3, -0.25) is 4.90 Å². The molecule has 21 heavy (non-hydrogen) atoms. The van der Waals surface area contributed by atoms with Gasteiger partial charge < -0.3 is 5.73 Å². The zero-order valence-electron chi connectivity index (χ0n) is 12.3. The van der Waals surface area contributed by atoms with Crippen LogP contribution in [0.5, 0.6) is 0 Å². The molecule has 112 valence electrons. The number of hydrogen-bond acceptors (Lipinski definition) is 3. The first kappa shape index (κ1) is 15.2. The average molecular weight is 365 g/mol. The summed E-state index contributed by atoms with van der Waals surface area (Å²) in [7, 11) is 0. The summed E-state index contributed by atoms with van der Waals surface area (Å²) in [6.07, 6.45) is 2.17. The summed E-state index contributed by atoms with van der Waals surface area (Å²) in [6, 6.07) is 11.2. The highest BCUT2D eigenvalue weighted by atomic mass is 79.9. The van der Waals surface area contributed by atoms with Crippen molar-refractivity contribution in [3.63, 3.8) is 0 Å². The first-order valence-electron chi connectivity index (χ1n) is 7.47. The Morgan fingerprint density at radius 3 is 3.00 bits per heavy atom. The smallest absolute Gasteiger partial charge is 0.0331 e. The summed E-state index contributed by atoms with van der Waals surface area (Å²) in [5.41, 5.74) is 9.10. The van der Waals surface area contributed by atoms with Crippen LogP contribution in [0, 0.1) is 0 Å². The maximum atomic E-state index is 6.38. The summed E-state index contributed by atoms with van der Waals surface area (Å²) < 4.78 is 1.12. The highest BCUT2D eigenvalue weighted by molar-refractivity contribution is 9.10. The number of fused-ring (bicyclic) bond motifs is 1. The molecule has 1 aromatic heterocycles. The van der Waals surface area contributed by atoms with Crippen molar-refractivity contribution < 1.29 is 0 Å². The zero-order valence-corrected chi connectivity index (χ0v) is 14.7. The van der Waals surface area contributed by atoms with Gasteiger partial charge in [-0.25, -0.2) is 0 Å². The van der Waals surface area contributed by atoms with E-state index in [1.165, 1.54) is 17.5 Å². The third-order valence-corrected chi connectivity index (χ3v) is 6.15. The van der Waals surface area contributed by atoms with Crippen LogP contribution in [0.1, 0.15) is 41.4 Å². The minimum absolute atomic E-state index is 0.0941. The van der Waals surface area contributed by atoms with Gasteiger partial charge in [0.1, 0.15) is 0 Å². The molecule has 0 aliphatic carbocycles. The second-order valence-corrected chi connectivity index (χ2v) is 7.53. The molecule has 0 bridgehead atoms. The second-order valence-electron chi connectivity index (χ2n) is 5.68. The third-order valence-electron chi connectivity index (χ3n) is 4.44. The highest BCUT2D eigenvalue weighted by Crippen LogP contribution is 2.33. The van der Waals surface area contributed by atoms with Crippen LogP contribution in [0.4, 0.5) is 0 Å². The van der Waals surface area contributed by atoms with E-state index in [9.17, 15) is 0 Å². The van der Waals surface area contributed by atoms with Crippen molar-refractivity contribution in [1.29, 1.82) is 0 Å². The predicted molar refractivity (Wildman–Crippen MR) is 93.7 cm³/mol. The van der Waals surface area contributed by atoms with Gasteiger partial charge in [-0.05, 0) is 48.4 Å². The van der Waals surface area contributed by atoms with Gasteiger partial charge in [-0.15, -0.1) is 11.3 Å². The van der Waals surface area contributed by atoms with E-state index in [0.717, 1.165) is 24.0 Å². The molecular weight excluding hydrogens is 344 g/mol. The molecule has 0 amide bonds. The van der Waals surface area contributed by atoms with Gasteiger partial charge in [-0.2, -0.15) is 0 Å². The van der Waals surface area contributed by atoms with Crippen molar-refractivity contribution in [1.82, 2.24) is 4.90 Å². The van der Waals surface area contributed by atoms with Crippen molar-refractivity contribution in [3.8, 4) is 0 Å². The van der Waals surface area contributed by atoms with Crippen LogP contribution in [-0.2, 0) is 6.42 Å². The number of nitrogens with zero attached hydrogens (tertiary/aromatic N) is 1. The molecule has 2 unspecified atom stereocenters. The molecule has 2 nitrogen and oxygen atoms in total. The van der Waals surface area contributed by atoms with E-state index in [2.05, 4.69) is 57.4 Å². The second kappa shape index (κ2) is 6.61. The fourth-order valence-electron chi connectivity index (χ4n) is 3.10. The van der Waals surface area contributed by atoms with E-state index in [1.807, 2.05) is 17.4 Å². The summed E-state index contributed by atoms with van der Waals surface area (Å²) in [4.78, 5) is 4.13. The largest absolute Gasteiger partial charge is 0.324 e. The summed E-state index contributed by atoms with van der Waals surface area (Å²) in [5, 5.41) is 2.22. The minimum atomic E-state index is 0.0941. The molecule has 0 fully saturated rings. The minimum Gasteiger partial charge on any atom is -0.324 e. The molecule has 1 aliphatic rings. The standard InChI is InChI=1S/C17H21BrN2S/c1-12-13-8-11-21-17(13)7-10-20(12)9-6-16(19)14-4-2-3-5-15(14)18/h2-5,8,11-12,16H,6-7,9-10,19H2,1H3. The Hall–Kier alpha value is -0.680. The van der Waals surface area contributed by atoms with Gasteiger partial charge in [-0.1, -0.05) is 34.1 Å². The molecule has 0 radical (unpaired) electrons. The van der Waals surface area contributed by atoms with Crippen molar-refractivity contribution in [3.05, 3.63) is 56.2 Å². The molecule has 2 heterocycles. The van der Waals surface area contributed by atoms with Gasteiger partial charge in [0.05, 0.1) is 0 Å². The fraction of sp³-hybridized carbons (Fsp3) is 0.412. The van der Waals surface area contributed by atoms with E-state index in [0.29, 0.717) is 6.04 Å². The van der Waals surface area contributed by atoms with E-state index in [4.69, 9.17) is 5.73 Å². The first-order valence-corrected chi connectivity index (χ1v) is 9.14. The van der Waals surface area contributed by atoms with Crippen LogP contribution in [0.25, 0.3) is 0 Å². The molecule has 0 saturated heterocycles. The van der Waals surface area contributed by atoms with Gasteiger partial charge in [0.2, 0.25) is 0 Å². The van der Waals surface area contributed by atoms with Crippen molar-refractivity contribution in [2.75, 3.05) is 13.1 Å². The average Bonchev–Trinajstić information content (AvgIpc) is 2.96. The monoisotopic (exact) mass is 364 g/mol. The van der Waals surface area contributed by atoms with Crippen LogP contribution in [0.15, 0.2) is 40.2 Å². The molecule has 1 aliphatic heterocycles. The maximum absolute atomic E-state index is 6.38. The lowest BCUT2D eigenvalue weighted by molar-refractivity contribution is 0.193. The van der Waals surface area contributed by atoms with Crippen LogP contribution in [-0.4, -0.2) is 18.0 Å². The lowest BCUT2D eigenvalue weighted by atomic mass is 9.99. The Morgan fingerprint density at radius 1 is 1.38 bits per heavy atom. The highest BCUT2D eigenvalue weighted by Gasteiger charge is 2.24. The summed E-state index contributed by atoms with van der Waals surface area (Å²) >= 11 is 5.50. The maximum Gasteiger partial charge on any atom is 0.0331 e. The number of hydrogen-bond donors (Lipinski definition) is 1. The van der Waals surface area contributed by atoms with Crippen LogP contribution < -0.4 is 5.73 Å². The normalized spacial score (nSPS) is 20.2. The molecule has 2 aromatic rings. The molecule has 2 N–H and O–H groups in total. The lowest BCUT2D eigenvalue weighted by Gasteiger charge is -2.34. The Kier molecular flexibility index (Phi) is 4.79. The van der Waals surface area contributed by atoms with Crippen LogP contribution >= 0.6 is 27.3 Å².